The first-order valence-corrected chi connectivity index (χ1v) is 6.11. The van der Waals surface area contributed by atoms with E-state index in [-0.39, 0.29) is 24.8 Å². The van der Waals surface area contributed by atoms with Crippen molar-refractivity contribution in [3.8, 4) is 5.75 Å². The Labute approximate surface area is 110 Å². The van der Waals surface area contributed by atoms with Crippen LogP contribution in [0.15, 0.2) is 18.2 Å². The molecule has 0 saturated carbocycles. The first kappa shape index (κ1) is 12.9. The summed E-state index contributed by atoms with van der Waals surface area (Å²) in [6, 6.07) is 4.89. The fraction of sp³-hybridized carbons (Fsp3) is 0.385. The molecule has 4 nitrogen and oxygen atoms in total. The Balaban J connectivity index is 2.15. The third kappa shape index (κ3) is 2.64. The van der Waals surface area contributed by atoms with Gasteiger partial charge >= 0.3 is 5.97 Å². The average molecular weight is 269 g/mol. The van der Waals surface area contributed by atoms with Crippen molar-refractivity contribution in [3.05, 3.63) is 28.8 Å². The number of fused-ring (bicyclic) bond motifs is 1. The number of hydrogen-bond acceptors (Lipinski definition) is 4. The van der Waals surface area contributed by atoms with Crippen molar-refractivity contribution in [2.75, 3.05) is 13.2 Å². The molecular formula is C13H13ClO4. The van der Waals surface area contributed by atoms with Gasteiger partial charge in [0.1, 0.15) is 5.75 Å². The van der Waals surface area contributed by atoms with E-state index < -0.39 is 5.92 Å². The molecule has 1 aliphatic heterocycles. The van der Waals surface area contributed by atoms with E-state index in [9.17, 15) is 9.59 Å². The number of carbonyl (C=O) groups excluding carboxylic acids is 2. The molecule has 0 aliphatic carbocycles. The number of benzene rings is 1. The quantitative estimate of drug-likeness (QED) is 0.791. The van der Waals surface area contributed by atoms with E-state index in [1.165, 1.54) is 0 Å². The number of Topliss-reactive ketones (excluding diaryl/α,β-unsaturated/α-hetero) is 1. The van der Waals surface area contributed by atoms with Crippen molar-refractivity contribution in [2.45, 2.75) is 13.3 Å². The molecule has 0 aromatic heterocycles. The molecule has 0 spiro atoms. The monoisotopic (exact) mass is 268 g/mol. The number of esters is 1. The Morgan fingerprint density at radius 1 is 1.56 bits per heavy atom. The summed E-state index contributed by atoms with van der Waals surface area (Å²) in [5.41, 5.74) is 0.433. The summed E-state index contributed by atoms with van der Waals surface area (Å²) in [6.45, 7) is 2.24. The highest BCUT2D eigenvalue weighted by molar-refractivity contribution is 6.31. The van der Waals surface area contributed by atoms with Crippen LogP contribution in [0.2, 0.25) is 5.02 Å². The van der Waals surface area contributed by atoms with Gasteiger partial charge in [0, 0.05) is 5.02 Å². The molecule has 0 N–H and O–H groups in total. The predicted octanol–water partition coefficient (Wildman–Crippen LogP) is 2.48. The maximum Gasteiger partial charge on any atom is 0.306 e. The number of carbonyl (C=O) groups is 2. The van der Waals surface area contributed by atoms with Crippen molar-refractivity contribution in [1.29, 1.82) is 0 Å². The van der Waals surface area contributed by atoms with E-state index in [1.807, 2.05) is 0 Å². The lowest BCUT2D eigenvalue weighted by Crippen LogP contribution is -2.30. The molecule has 2 rings (SSSR count). The zero-order valence-corrected chi connectivity index (χ0v) is 10.7. The summed E-state index contributed by atoms with van der Waals surface area (Å²) < 4.78 is 10.3. The van der Waals surface area contributed by atoms with Crippen molar-refractivity contribution in [3.63, 3.8) is 0 Å². The highest BCUT2D eigenvalue weighted by Gasteiger charge is 2.31. The molecule has 1 atom stereocenters. The number of ether oxygens (including phenoxy) is 2. The van der Waals surface area contributed by atoms with Crippen molar-refractivity contribution >= 4 is 23.4 Å². The van der Waals surface area contributed by atoms with E-state index in [0.717, 1.165) is 0 Å². The molecule has 18 heavy (non-hydrogen) atoms. The molecule has 0 bridgehead atoms. The van der Waals surface area contributed by atoms with E-state index >= 15 is 0 Å². The number of rotatable bonds is 3. The van der Waals surface area contributed by atoms with Gasteiger partial charge < -0.3 is 9.47 Å². The lowest BCUT2D eigenvalue weighted by atomic mass is 9.92. The minimum atomic E-state index is -0.491. The van der Waals surface area contributed by atoms with Gasteiger partial charge in [0.25, 0.3) is 0 Å². The van der Waals surface area contributed by atoms with Gasteiger partial charge in [-0.05, 0) is 25.1 Å². The Kier molecular flexibility index (Phi) is 3.87. The Bertz CT molecular complexity index is 484. The number of halogens is 1. The molecule has 1 aliphatic rings. The summed E-state index contributed by atoms with van der Waals surface area (Å²) in [5, 5.41) is 0.475. The fourth-order valence-electron chi connectivity index (χ4n) is 1.88. The second kappa shape index (κ2) is 5.40. The minimum absolute atomic E-state index is 0.0403. The van der Waals surface area contributed by atoms with Crippen LogP contribution in [0, 0.1) is 5.92 Å². The van der Waals surface area contributed by atoms with Gasteiger partial charge in [0.15, 0.2) is 5.78 Å². The lowest BCUT2D eigenvalue weighted by Gasteiger charge is -2.23. The first-order chi connectivity index (χ1) is 8.61. The van der Waals surface area contributed by atoms with Gasteiger partial charge in [0.2, 0.25) is 0 Å². The standard InChI is InChI=1S/C13H13ClO4/c1-2-17-12(15)5-8-7-18-11-4-3-9(14)6-10(11)13(8)16/h3-4,6,8H,2,5,7H2,1H3. The van der Waals surface area contributed by atoms with Crippen LogP contribution in [0.1, 0.15) is 23.7 Å². The molecule has 5 heteroatoms. The molecule has 1 aromatic rings. The molecular weight excluding hydrogens is 256 g/mol. The summed E-state index contributed by atoms with van der Waals surface area (Å²) in [6.07, 6.45) is 0.0403. The third-order valence-corrected chi connectivity index (χ3v) is 2.97. The molecule has 0 amide bonds. The van der Waals surface area contributed by atoms with Crippen molar-refractivity contribution < 1.29 is 19.1 Å². The normalized spacial score (nSPS) is 17.9. The van der Waals surface area contributed by atoms with E-state index in [4.69, 9.17) is 21.1 Å². The second-order valence-electron chi connectivity index (χ2n) is 4.02. The van der Waals surface area contributed by atoms with E-state index in [1.54, 1.807) is 25.1 Å². The smallest absolute Gasteiger partial charge is 0.306 e. The minimum Gasteiger partial charge on any atom is -0.492 e. The third-order valence-electron chi connectivity index (χ3n) is 2.74. The van der Waals surface area contributed by atoms with E-state index in [2.05, 4.69) is 0 Å². The highest BCUT2D eigenvalue weighted by atomic mass is 35.5. The lowest BCUT2D eigenvalue weighted by molar-refractivity contribution is -0.144. The van der Waals surface area contributed by atoms with Crippen molar-refractivity contribution in [2.24, 2.45) is 5.92 Å². The number of ketones is 1. The first-order valence-electron chi connectivity index (χ1n) is 5.74. The molecule has 0 radical (unpaired) electrons. The van der Waals surface area contributed by atoms with Crippen LogP contribution in [0.4, 0.5) is 0 Å². The Hall–Kier alpha value is -1.55. The molecule has 1 unspecified atom stereocenters. The summed E-state index contributed by atoms with van der Waals surface area (Å²) >= 11 is 5.85. The van der Waals surface area contributed by atoms with Crippen LogP contribution in [0.3, 0.4) is 0 Å². The SMILES string of the molecule is CCOC(=O)CC1COc2ccc(Cl)cc2C1=O. The summed E-state index contributed by atoms with van der Waals surface area (Å²) in [7, 11) is 0. The molecule has 1 heterocycles. The van der Waals surface area contributed by atoms with Crippen LogP contribution in [-0.2, 0) is 9.53 Å². The van der Waals surface area contributed by atoms with Crippen LogP contribution in [-0.4, -0.2) is 25.0 Å². The summed E-state index contributed by atoms with van der Waals surface area (Å²) in [5.74, 6) is -0.476. The van der Waals surface area contributed by atoms with Gasteiger partial charge in [0.05, 0.1) is 31.1 Å². The maximum atomic E-state index is 12.2. The molecule has 0 fully saturated rings. The highest BCUT2D eigenvalue weighted by Crippen LogP contribution is 2.30. The van der Waals surface area contributed by atoms with Crippen molar-refractivity contribution in [1.82, 2.24) is 0 Å². The van der Waals surface area contributed by atoms with Crippen LogP contribution >= 0.6 is 11.6 Å². The topological polar surface area (TPSA) is 52.6 Å². The second-order valence-corrected chi connectivity index (χ2v) is 4.46. The Morgan fingerprint density at radius 3 is 3.06 bits per heavy atom. The summed E-state index contributed by atoms with van der Waals surface area (Å²) in [4.78, 5) is 23.5. The largest absolute Gasteiger partial charge is 0.492 e. The zero-order chi connectivity index (χ0) is 13.1. The Morgan fingerprint density at radius 2 is 2.33 bits per heavy atom. The molecule has 1 aromatic carbocycles. The van der Waals surface area contributed by atoms with Gasteiger partial charge in [-0.15, -0.1) is 0 Å². The molecule has 96 valence electrons. The average Bonchev–Trinajstić information content (AvgIpc) is 2.34. The van der Waals surface area contributed by atoms with Gasteiger partial charge in [-0.25, -0.2) is 0 Å². The zero-order valence-electron chi connectivity index (χ0n) is 9.94. The molecule has 0 saturated heterocycles. The fourth-order valence-corrected chi connectivity index (χ4v) is 2.05. The van der Waals surface area contributed by atoms with Gasteiger partial charge in [-0.2, -0.15) is 0 Å². The van der Waals surface area contributed by atoms with Gasteiger partial charge in [-0.3, -0.25) is 9.59 Å². The van der Waals surface area contributed by atoms with Crippen LogP contribution < -0.4 is 4.74 Å². The van der Waals surface area contributed by atoms with Crippen LogP contribution in [0.5, 0.6) is 5.75 Å². The maximum absolute atomic E-state index is 12.2. The van der Waals surface area contributed by atoms with Gasteiger partial charge in [-0.1, -0.05) is 11.6 Å². The van der Waals surface area contributed by atoms with Crippen LogP contribution in [0.25, 0.3) is 0 Å². The van der Waals surface area contributed by atoms with E-state index in [0.29, 0.717) is 22.9 Å². The number of hydrogen-bond donors (Lipinski definition) is 0. The predicted molar refractivity (Wildman–Crippen MR) is 66.0 cm³/mol.